The van der Waals surface area contributed by atoms with Gasteiger partial charge in [-0.25, -0.2) is 9.59 Å². The van der Waals surface area contributed by atoms with Gasteiger partial charge >= 0.3 is 11.9 Å². The maximum atomic E-state index is 13.3. The monoisotopic (exact) mass is 562 g/mol. The average molecular weight is 563 g/mol. The van der Waals surface area contributed by atoms with E-state index in [0.29, 0.717) is 13.0 Å². The Morgan fingerprint density at radius 3 is 2.55 bits per heavy atom. The maximum Gasteiger partial charge on any atom is 0.338 e. The lowest BCUT2D eigenvalue weighted by molar-refractivity contribution is -0.239. The van der Waals surface area contributed by atoms with Gasteiger partial charge in [0.2, 0.25) is 0 Å². The number of aliphatic hydroxyl groups is 3. The predicted molar refractivity (Wildman–Crippen MR) is 137 cm³/mol. The van der Waals surface area contributed by atoms with E-state index in [1.165, 1.54) is 12.2 Å². The Morgan fingerprint density at radius 2 is 1.85 bits per heavy atom. The number of cyclic esters (lactones) is 1. The fraction of sp³-hybridized carbons (Fsp3) is 0.724. The van der Waals surface area contributed by atoms with Gasteiger partial charge in [-0.05, 0) is 32.8 Å². The van der Waals surface area contributed by atoms with Crippen molar-refractivity contribution < 1.29 is 53.3 Å². The summed E-state index contributed by atoms with van der Waals surface area (Å²) in [6.07, 6.45) is 2.24. The lowest BCUT2D eigenvalue weighted by atomic mass is 9.51. The van der Waals surface area contributed by atoms with Gasteiger partial charge in [0.25, 0.3) is 0 Å². The molecule has 4 aliphatic heterocycles. The third-order valence-electron chi connectivity index (χ3n) is 10.3. The topological polar surface area (TPSA) is 157 Å². The molecule has 2 aliphatic carbocycles. The first-order chi connectivity index (χ1) is 18.9. The van der Waals surface area contributed by atoms with E-state index in [1.54, 1.807) is 26.0 Å². The minimum Gasteiger partial charge on any atom is -0.463 e. The number of carbonyl (C=O) groups excluding carboxylic acids is 2. The molecule has 2 spiro atoms. The largest absolute Gasteiger partial charge is 0.463 e. The molecule has 1 saturated carbocycles. The summed E-state index contributed by atoms with van der Waals surface area (Å²) in [4.78, 5) is 26.3. The predicted octanol–water partition coefficient (Wildman–Crippen LogP) is 0.496. The van der Waals surface area contributed by atoms with Crippen molar-refractivity contribution in [1.29, 1.82) is 0 Å². The van der Waals surface area contributed by atoms with Gasteiger partial charge in [0.1, 0.15) is 36.1 Å². The van der Waals surface area contributed by atoms with Gasteiger partial charge in [-0.1, -0.05) is 31.2 Å². The van der Waals surface area contributed by atoms with Gasteiger partial charge in [-0.3, -0.25) is 0 Å². The first-order valence-corrected chi connectivity index (χ1v) is 13.9. The highest BCUT2D eigenvalue weighted by molar-refractivity contribution is 5.82. The zero-order valence-corrected chi connectivity index (χ0v) is 23.1. The number of esters is 2. The van der Waals surface area contributed by atoms with Crippen LogP contribution < -0.4 is 0 Å². The second-order valence-corrected chi connectivity index (χ2v) is 12.5. The van der Waals surface area contributed by atoms with Crippen LogP contribution in [0.3, 0.4) is 0 Å². The highest BCUT2D eigenvalue weighted by Gasteiger charge is 2.83. The Morgan fingerprint density at radius 1 is 1.10 bits per heavy atom. The van der Waals surface area contributed by atoms with Gasteiger partial charge in [0.15, 0.2) is 6.10 Å². The number of aliphatic hydroxyl groups excluding tert-OH is 3. The lowest BCUT2D eigenvalue weighted by Crippen LogP contribution is -2.68. The summed E-state index contributed by atoms with van der Waals surface area (Å²) in [5, 5.41) is 31.9. The third-order valence-corrected chi connectivity index (χ3v) is 10.3. The van der Waals surface area contributed by atoms with E-state index < -0.39 is 76.7 Å². The molecule has 0 aromatic carbocycles. The van der Waals surface area contributed by atoms with Crippen molar-refractivity contribution in [3.63, 3.8) is 0 Å². The fourth-order valence-electron chi connectivity index (χ4n) is 7.38. The molecule has 4 fully saturated rings. The number of ether oxygens (including phenoxy) is 6. The Labute approximate surface area is 232 Å². The van der Waals surface area contributed by atoms with Crippen molar-refractivity contribution in [3.8, 4) is 0 Å². The molecular weight excluding hydrogens is 524 g/mol. The van der Waals surface area contributed by atoms with Crippen LogP contribution in [0.1, 0.15) is 40.5 Å². The SMILES string of the molecule is CC1=C[C@@H]2O[C@H]3C[C@@H]4OC(=O)/C=C/C=C[C@@H]([C@H](C)O)OC[C@H](O)[C@]5(C)O[C@H]5C(=O)OCC2(C[C@H]1O)C4(C)C31CO1. The highest BCUT2D eigenvalue weighted by Crippen LogP contribution is 2.72. The summed E-state index contributed by atoms with van der Waals surface area (Å²) in [5.74, 6) is -1.23. The molecule has 11 heteroatoms. The van der Waals surface area contributed by atoms with Crippen molar-refractivity contribution in [3.05, 3.63) is 36.0 Å². The van der Waals surface area contributed by atoms with Crippen LogP contribution in [0, 0.1) is 10.8 Å². The summed E-state index contributed by atoms with van der Waals surface area (Å²) in [7, 11) is 0. The molecule has 0 aromatic rings. The molecule has 12 atom stereocenters. The molecule has 11 nitrogen and oxygen atoms in total. The minimum absolute atomic E-state index is 0.134. The van der Waals surface area contributed by atoms with Crippen LogP contribution in [0.4, 0.5) is 0 Å². The fourth-order valence-corrected chi connectivity index (χ4v) is 7.38. The second-order valence-electron chi connectivity index (χ2n) is 12.5. The highest BCUT2D eigenvalue weighted by atomic mass is 16.7. The minimum atomic E-state index is -1.22. The van der Waals surface area contributed by atoms with E-state index in [-0.39, 0.29) is 25.7 Å². The molecule has 0 aromatic heterocycles. The lowest BCUT2D eigenvalue weighted by Gasteiger charge is -2.58. The van der Waals surface area contributed by atoms with Crippen LogP contribution in [0.2, 0.25) is 0 Å². The summed E-state index contributed by atoms with van der Waals surface area (Å²) < 4.78 is 35.9. The zero-order valence-electron chi connectivity index (χ0n) is 23.1. The molecule has 220 valence electrons. The summed E-state index contributed by atoms with van der Waals surface area (Å²) in [6, 6.07) is 0. The molecule has 0 radical (unpaired) electrons. The number of allylic oxidation sites excluding steroid dienone is 2. The Balaban J connectivity index is 1.38. The van der Waals surface area contributed by atoms with Crippen molar-refractivity contribution in [2.45, 2.75) is 101 Å². The molecule has 0 amide bonds. The van der Waals surface area contributed by atoms with Crippen LogP contribution in [-0.2, 0) is 38.0 Å². The standard InChI is InChI=1S/C29H38O11/c1-15-9-21-28(11-17(15)31)13-36-25(34)24-26(3,40-24)19(32)12-35-18(16(2)30)7-5-6-8-23(33)39-20-10-22(38-21)29(14-37-29)27(20,28)4/h5-9,16-22,24,30-32H,10-14H2,1-4H3/b7-5?,8-6+/t16-,17+,18-,19-,20-,21-,22-,24-,26-,27?,28?,29?/m0/s1. The van der Waals surface area contributed by atoms with Gasteiger partial charge in [-0.2, -0.15) is 0 Å². The third kappa shape index (κ3) is 3.97. The van der Waals surface area contributed by atoms with Gasteiger partial charge < -0.3 is 43.7 Å². The maximum absolute atomic E-state index is 13.3. The molecular formula is C29H38O11. The molecule has 6 aliphatic rings. The Bertz CT molecular complexity index is 1160. The van der Waals surface area contributed by atoms with E-state index in [9.17, 15) is 24.9 Å². The van der Waals surface area contributed by atoms with E-state index in [0.717, 1.165) is 5.57 Å². The first kappa shape index (κ1) is 28.0. The Hall–Kier alpha value is -2.12. The number of hydrogen-bond donors (Lipinski definition) is 3. The summed E-state index contributed by atoms with van der Waals surface area (Å²) in [6.45, 7) is 7.03. The molecule has 2 bridgehead atoms. The smallest absolute Gasteiger partial charge is 0.338 e. The zero-order chi connectivity index (χ0) is 28.7. The Kier molecular flexibility index (Phi) is 6.62. The van der Waals surface area contributed by atoms with Crippen molar-refractivity contribution in [2.75, 3.05) is 19.8 Å². The van der Waals surface area contributed by atoms with Crippen LogP contribution in [0.5, 0.6) is 0 Å². The molecule has 40 heavy (non-hydrogen) atoms. The number of epoxide rings is 2. The molecule has 6 rings (SSSR count). The van der Waals surface area contributed by atoms with Crippen molar-refractivity contribution in [1.82, 2.24) is 0 Å². The number of hydrogen-bond acceptors (Lipinski definition) is 11. The number of fused-ring (bicyclic) bond motifs is 1. The van der Waals surface area contributed by atoms with Crippen LogP contribution in [0.15, 0.2) is 36.0 Å². The molecule has 3 saturated heterocycles. The number of carbonyl (C=O) groups is 2. The van der Waals surface area contributed by atoms with Crippen molar-refractivity contribution >= 4 is 11.9 Å². The van der Waals surface area contributed by atoms with Crippen molar-refractivity contribution in [2.24, 2.45) is 10.8 Å². The van der Waals surface area contributed by atoms with Gasteiger partial charge in [0.05, 0.1) is 43.0 Å². The van der Waals surface area contributed by atoms with E-state index in [2.05, 4.69) is 0 Å². The molecule has 4 heterocycles. The molecule has 3 unspecified atom stereocenters. The first-order valence-electron chi connectivity index (χ1n) is 13.9. The summed E-state index contributed by atoms with van der Waals surface area (Å²) in [5.41, 5.74) is -3.03. The van der Waals surface area contributed by atoms with Gasteiger partial charge in [-0.15, -0.1) is 0 Å². The van der Waals surface area contributed by atoms with Gasteiger partial charge in [0, 0.05) is 17.9 Å². The summed E-state index contributed by atoms with van der Waals surface area (Å²) >= 11 is 0. The average Bonchev–Trinajstić information content (AvgIpc) is 3.81. The van der Waals surface area contributed by atoms with Crippen LogP contribution >= 0.6 is 0 Å². The number of rotatable bonds is 1. The normalized spacial score (nSPS) is 51.8. The van der Waals surface area contributed by atoms with Crippen LogP contribution in [0.25, 0.3) is 0 Å². The van der Waals surface area contributed by atoms with E-state index in [1.807, 2.05) is 19.9 Å². The second kappa shape index (κ2) is 9.45. The quantitative estimate of drug-likeness (QED) is 0.232. The van der Waals surface area contributed by atoms with E-state index in [4.69, 9.17) is 28.4 Å². The molecule has 3 N–H and O–H groups in total. The van der Waals surface area contributed by atoms with Crippen LogP contribution in [-0.4, -0.2) is 107 Å². The van der Waals surface area contributed by atoms with E-state index >= 15 is 0 Å².